The number of fused-ring (bicyclic) bond motifs is 1. The third kappa shape index (κ3) is 4.63. The minimum Gasteiger partial charge on any atom is -0.396 e. The third-order valence-electron chi connectivity index (χ3n) is 4.97. The first kappa shape index (κ1) is 20.6. The van der Waals surface area contributed by atoms with E-state index in [-0.39, 0.29) is 16.9 Å². The van der Waals surface area contributed by atoms with E-state index >= 15 is 0 Å². The molecule has 1 aromatic heterocycles. The van der Waals surface area contributed by atoms with Gasteiger partial charge < -0.3 is 10.1 Å². The molecular weight excluding hydrogens is 372 g/mol. The molecule has 0 saturated carbocycles. The zero-order chi connectivity index (χ0) is 20.4. The van der Waals surface area contributed by atoms with Crippen molar-refractivity contribution in [3.8, 4) is 0 Å². The Labute approximate surface area is 166 Å². The Balaban J connectivity index is 1.81. The normalized spacial score (nSPS) is 13.7. The molecule has 0 amide bonds. The Morgan fingerprint density at radius 2 is 1.75 bits per heavy atom. The number of rotatable bonds is 7. The fourth-order valence-corrected chi connectivity index (χ4v) is 4.62. The highest BCUT2D eigenvalue weighted by molar-refractivity contribution is 7.89. The van der Waals surface area contributed by atoms with E-state index in [4.69, 9.17) is 0 Å². The van der Waals surface area contributed by atoms with Crippen molar-refractivity contribution in [1.82, 2.24) is 9.71 Å². The highest BCUT2D eigenvalue weighted by Gasteiger charge is 2.22. The SMILES string of the molecule is CC(C)(C)c1ccc(S(=O)(=O)NC(CCO)Cc2c[nH]c3ccccc23)cc1. The molecule has 0 aliphatic heterocycles. The third-order valence-corrected chi connectivity index (χ3v) is 6.51. The van der Waals surface area contributed by atoms with Gasteiger partial charge in [0, 0.05) is 29.7 Å². The lowest BCUT2D eigenvalue weighted by molar-refractivity contribution is 0.271. The van der Waals surface area contributed by atoms with Crippen molar-refractivity contribution < 1.29 is 13.5 Å². The van der Waals surface area contributed by atoms with Crippen LogP contribution in [0.1, 0.15) is 38.3 Å². The number of nitrogens with one attached hydrogen (secondary N) is 2. The van der Waals surface area contributed by atoms with Crippen LogP contribution in [0.3, 0.4) is 0 Å². The van der Waals surface area contributed by atoms with Gasteiger partial charge >= 0.3 is 0 Å². The van der Waals surface area contributed by atoms with Crippen LogP contribution >= 0.6 is 0 Å². The average molecular weight is 401 g/mol. The average Bonchev–Trinajstić information content (AvgIpc) is 3.04. The number of aliphatic hydroxyl groups is 1. The number of para-hydroxylation sites is 1. The van der Waals surface area contributed by atoms with Gasteiger partial charge in [-0.05, 0) is 47.6 Å². The molecule has 1 unspecified atom stereocenters. The van der Waals surface area contributed by atoms with Crippen molar-refractivity contribution in [2.75, 3.05) is 6.61 Å². The number of benzene rings is 2. The first-order chi connectivity index (χ1) is 13.2. The standard InChI is InChI=1S/C22H28N2O3S/c1-22(2,3)17-8-10-19(11-9-17)28(26,27)24-18(12-13-25)14-16-15-23-21-7-5-4-6-20(16)21/h4-11,15,18,23-25H,12-14H2,1-3H3. The highest BCUT2D eigenvalue weighted by Crippen LogP contribution is 2.24. The summed E-state index contributed by atoms with van der Waals surface area (Å²) in [4.78, 5) is 3.45. The molecule has 0 radical (unpaired) electrons. The van der Waals surface area contributed by atoms with E-state index in [0.29, 0.717) is 12.8 Å². The predicted octanol–water partition coefficient (Wildman–Crippen LogP) is 3.74. The number of aromatic amines is 1. The summed E-state index contributed by atoms with van der Waals surface area (Å²) in [6.45, 7) is 6.19. The number of sulfonamides is 1. The van der Waals surface area contributed by atoms with Crippen LogP contribution in [0.2, 0.25) is 0 Å². The number of aliphatic hydroxyl groups excluding tert-OH is 1. The molecular formula is C22H28N2O3S. The van der Waals surface area contributed by atoms with E-state index in [2.05, 4.69) is 30.5 Å². The van der Waals surface area contributed by atoms with Gasteiger partial charge in [-0.1, -0.05) is 51.1 Å². The second-order valence-electron chi connectivity index (χ2n) is 8.17. The van der Waals surface area contributed by atoms with Crippen LogP contribution < -0.4 is 4.72 Å². The number of hydrogen-bond acceptors (Lipinski definition) is 3. The molecule has 3 aromatic rings. The maximum Gasteiger partial charge on any atom is 0.240 e. The lowest BCUT2D eigenvalue weighted by Gasteiger charge is -2.20. The minimum atomic E-state index is -3.67. The molecule has 0 bridgehead atoms. The van der Waals surface area contributed by atoms with Crippen molar-refractivity contribution in [3.05, 3.63) is 65.9 Å². The second-order valence-corrected chi connectivity index (χ2v) is 9.88. The van der Waals surface area contributed by atoms with Crippen molar-refractivity contribution >= 4 is 20.9 Å². The molecule has 3 rings (SSSR count). The lowest BCUT2D eigenvalue weighted by atomic mass is 9.87. The molecule has 2 aromatic carbocycles. The lowest BCUT2D eigenvalue weighted by Crippen LogP contribution is -2.37. The van der Waals surface area contributed by atoms with Crippen molar-refractivity contribution in [2.45, 2.75) is 50.0 Å². The van der Waals surface area contributed by atoms with E-state index in [0.717, 1.165) is 22.0 Å². The van der Waals surface area contributed by atoms with Gasteiger partial charge in [-0.15, -0.1) is 0 Å². The summed E-state index contributed by atoms with van der Waals surface area (Å²) in [5.74, 6) is 0. The fraction of sp³-hybridized carbons (Fsp3) is 0.364. The van der Waals surface area contributed by atoms with Crippen LogP contribution in [0.15, 0.2) is 59.6 Å². The number of hydrogen-bond donors (Lipinski definition) is 3. The minimum absolute atomic E-state index is 0.0372. The van der Waals surface area contributed by atoms with Crippen molar-refractivity contribution in [2.24, 2.45) is 0 Å². The second kappa shape index (κ2) is 8.07. The Kier molecular flexibility index (Phi) is 5.93. The maximum absolute atomic E-state index is 12.9. The van der Waals surface area contributed by atoms with Crippen LogP contribution in [0, 0.1) is 0 Å². The molecule has 1 atom stereocenters. The number of H-pyrrole nitrogens is 1. The summed E-state index contributed by atoms with van der Waals surface area (Å²) < 4.78 is 28.5. The van der Waals surface area contributed by atoms with Gasteiger partial charge in [0.2, 0.25) is 10.0 Å². The van der Waals surface area contributed by atoms with E-state index < -0.39 is 16.1 Å². The van der Waals surface area contributed by atoms with E-state index in [9.17, 15) is 13.5 Å². The fourth-order valence-electron chi connectivity index (χ4n) is 3.35. The quantitative estimate of drug-likeness (QED) is 0.565. The van der Waals surface area contributed by atoms with Crippen LogP contribution in [-0.2, 0) is 21.9 Å². The summed E-state index contributed by atoms with van der Waals surface area (Å²) in [6.07, 6.45) is 2.75. The molecule has 0 spiro atoms. The summed E-state index contributed by atoms with van der Waals surface area (Å²) in [5, 5.41) is 10.5. The van der Waals surface area contributed by atoms with Crippen LogP contribution in [0.25, 0.3) is 10.9 Å². The summed E-state index contributed by atoms with van der Waals surface area (Å²) in [6, 6.07) is 14.5. The maximum atomic E-state index is 12.9. The van der Waals surface area contributed by atoms with Gasteiger partial charge in [0.25, 0.3) is 0 Å². The summed E-state index contributed by atoms with van der Waals surface area (Å²) in [5.41, 5.74) is 3.09. The van der Waals surface area contributed by atoms with Gasteiger partial charge in [-0.2, -0.15) is 0 Å². The molecule has 1 heterocycles. The molecule has 0 saturated heterocycles. The van der Waals surface area contributed by atoms with Gasteiger partial charge in [-0.3, -0.25) is 0 Å². The monoisotopic (exact) mass is 400 g/mol. The zero-order valence-corrected chi connectivity index (χ0v) is 17.4. The van der Waals surface area contributed by atoms with E-state index in [1.807, 2.05) is 42.6 Å². The topological polar surface area (TPSA) is 82.2 Å². The first-order valence-electron chi connectivity index (χ1n) is 9.49. The van der Waals surface area contributed by atoms with Gasteiger partial charge in [0.15, 0.2) is 0 Å². The highest BCUT2D eigenvalue weighted by atomic mass is 32.2. The van der Waals surface area contributed by atoms with Crippen LogP contribution in [0.5, 0.6) is 0 Å². The molecule has 28 heavy (non-hydrogen) atoms. The molecule has 6 heteroatoms. The largest absolute Gasteiger partial charge is 0.396 e. The Morgan fingerprint density at radius 1 is 1.07 bits per heavy atom. The Bertz CT molecular complexity index is 1030. The van der Waals surface area contributed by atoms with Gasteiger partial charge in [0.05, 0.1) is 4.90 Å². The molecule has 0 aliphatic carbocycles. The van der Waals surface area contributed by atoms with Crippen molar-refractivity contribution in [3.63, 3.8) is 0 Å². The van der Waals surface area contributed by atoms with E-state index in [1.54, 1.807) is 12.1 Å². The van der Waals surface area contributed by atoms with Crippen molar-refractivity contribution in [1.29, 1.82) is 0 Å². The van der Waals surface area contributed by atoms with Crippen LogP contribution in [0.4, 0.5) is 0 Å². The smallest absolute Gasteiger partial charge is 0.240 e. The first-order valence-corrected chi connectivity index (χ1v) is 11.0. The Hall–Kier alpha value is -2.15. The predicted molar refractivity (Wildman–Crippen MR) is 113 cm³/mol. The van der Waals surface area contributed by atoms with Crippen LogP contribution in [-0.4, -0.2) is 31.2 Å². The Morgan fingerprint density at radius 3 is 2.39 bits per heavy atom. The molecule has 150 valence electrons. The number of aromatic nitrogens is 1. The van der Waals surface area contributed by atoms with E-state index in [1.165, 1.54) is 0 Å². The molecule has 0 fully saturated rings. The molecule has 3 N–H and O–H groups in total. The zero-order valence-electron chi connectivity index (χ0n) is 16.6. The summed E-state index contributed by atoms with van der Waals surface area (Å²) in [7, 11) is -3.67. The molecule has 5 nitrogen and oxygen atoms in total. The summed E-state index contributed by atoms with van der Waals surface area (Å²) >= 11 is 0. The molecule has 0 aliphatic rings. The van der Waals surface area contributed by atoms with Gasteiger partial charge in [0.1, 0.15) is 0 Å². The van der Waals surface area contributed by atoms with Gasteiger partial charge in [-0.25, -0.2) is 13.1 Å².